The summed E-state index contributed by atoms with van der Waals surface area (Å²) in [5.41, 5.74) is 1.31. The first-order valence-electron chi connectivity index (χ1n) is 3.77. The predicted molar refractivity (Wildman–Crippen MR) is 48.0 cm³/mol. The number of rotatable bonds is 3. The maximum Gasteiger partial charge on any atom is -0.0376 e. The van der Waals surface area contributed by atoms with Gasteiger partial charge >= 0.3 is 0 Å². The summed E-state index contributed by atoms with van der Waals surface area (Å²) in [5.74, 6) is 0. The second-order valence-corrected chi connectivity index (χ2v) is 2.25. The molecule has 0 aliphatic heterocycles. The molecule has 0 unspecified atom stereocenters. The molecule has 56 valence electrons. The van der Waals surface area contributed by atoms with Gasteiger partial charge in [-0.25, -0.2) is 0 Å². The highest BCUT2D eigenvalue weighted by Gasteiger charge is 1.74. The molecule has 0 radical (unpaired) electrons. The van der Waals surface area contributed by atoms with E-state index in [4.69, 9.17) is 0 Å². The molecule has 0 rings (SSSR count). The van der Waals surface area contributed by atoms with Crippen LogP contribution in [0.2, 0.25) is 0 Å². The Balaban J connectivity index is 3.81. The highest BCUT2D eigenvalue weighted by atomic mass is 13.8. The molecule has 0 spiro atoms. The van der Waals surface area contributed by atoms with Gasteiger partial charge in [0.1, 0.15) is 0 Å². The molecule has 0 aliphatic carbocycles. The van der Waals surface area contributed by atoms with Crippen molar-refractivity contribution in [3.8, 4) is 0 Å². The third kappa shape index (κ3) is 5.36. The molecule has 0 heterocycles. The lowest BCUT2D eigenvalue weighted by atomic mass is 10.2. The van der Waals surface area contributed by atoms with Crippen LogP contribution >= 0.6 is 0 Å². The minimum atomic E-state index is 1.11. The SMILES string of the molecule is C/C=C/C=C(C)\C=C/CC. The smallest absolute Gasteiger partial charge is 0.0376 e. The Morgan fingerprint density at radius 3 is 2.60 bits per heavy atom. The van der Waals surface area contributed by atoms with Crippen molar-refractivity contribution in [2.45, 2.75) is 27.2 Å². The average molecular weight is 136 g/mol. The molecule has 0 saturated heterocycles. The van der Waals surface area contributed by atoms with E-state index in [1.54, 1.807) is 0 Å². The lowest BCUT2D eigenvalue weighted by Gasteiger charge is -1.85. The van der Waals surface area contributed by atoms with Crippen LogP contribution in [-0.2, 0) is 0 Å². The predicted octanol–water partition coefficient (Wildman–Crippen LogP) is 3.48. The van der Waals surface area contributed by atoms with Crippen molar-refractivity contribution in [1.29, 1.82) is 0 Å². The van der Waals surface area contributed by atoms with Crippen LogP contribution in [0.25, 0.3) is 0 Å². The van der Waals surface area contributed by atoms with Crippen LogP contribution in [0.15, 0.2) is 36.0 Å². The van der Waals surface area contributed by atoms with Gasteiger partial charge < -0.3 is 0 Å². The first kappa shape index (κ1) is 9.22. The normalized spacial score (nSPS) is 13.7. The zero-order valence-corrected chi connectivity index (χ0v) is 7.09. The number of hydrogen-bond acceptors (Lipinski definition) is 0. The van der Waals surface area contributed by atoms with E-state index in [1.807, 2.05) is 13.0 Å². The monoisotopic (exact) mass is 136 g/mol. The van der Waals surface area contributed by atoms with Crippen molar-refractivity contribution in [3.05, 3.63) is 36.0 Å². The van der Waals surface area contributed by atoms with Gasteiger partial charge in [-0.1, -0.05) is 42.9 Å². The van der Waals surface area contributed by atoms with Gasteiger partial charge in [-0.05, 0) is 20.3 Å². The molecule has 0 heteroatoms. The second-order valence-electron chi connectivity index (χ2n) is 2.25. The fourth-order valence-electron chi connectivity index (χ4n) is 0.607. The minimum absolute atomic E-state index is 1.11. The molecule has 0 aliphatic rings. The van der Waals surface area contributed by atoms with Crippen molar-refractivity contribution in [1.82, 2.24) is 0 Å². The van der Waals surface area contributed by atoms with Crippen LogP contribution in [0.3, 0.4) is 0 Å². The number of hydrogen-bond donors (Lipinski definition) is 0. The molecule has 0 aromatic carbocycles. The van der Waals surface area contributed by atoms with Gasteiger partial charge in [-0.3, -0.25) is 0 Å². The molecular weight excluding hydrogens is 120 g/mol. The molecule has 0 bridgehead atoms. The van der Waals surface area contributed by atoms with Crippen molar-refractivity contribution in [3.63, 3.8) is 0 Å². The van der Waals surface area contributed by atoms with Crippen molar-refractivity contribution < 1.29 is 0 Å². The van der Waals surface area contributed by atoms with E-state index in [-0.39, 0.29) is 0 Å². The van der Waals surface area contributed by atoms with Gasteiger partial charge in [0, 0.05) is 0 Å². The Morgan fingerprint density at radius 2 is 2.10 bits per heavy atom. The van der Waals surface area contributed by atoms with Crippen molar-refractivity contribution in [2.75, 3.05) is 0 Å². The largest absolute Gasteiger partial charge is 0.0877 e. The van der Waals surface area contributed by atoms with Crippen LogP contribution in [0.4, 0.5) is 0 Å². The van der Waals surface area contributed by atoms with Crippen LogP contribution in [0.5, 0.6) is 0 Å². The summed E-state index contributed by atoms with van der Waals surface area (Å²) in [6, 6.07) is 0. The van der Waals surface area contributed by atoms with E-state index in [9.17, 15) is 0 Å². The van der Waals surface area contributed by atoms with Crippen LogP contribution in [0, 0.1) is 0 Å². The summed E-state index contributed by atoms with van der Waals surface area (Å²) < 4.78 is 0. The maximum atomic E-state index is 2.16. The molecule has 0 atom stereocenters. The molecule has 0 N–H and O–H groups in total. The van der Waals surface area contributed by atoms with Crippen LogP contribution in [0.1, 0.15) is 27.2 Å². The topological polar surface area (TPSA) is 0 Å². The van der Waals surface area contributed by atoms with Gasteiger partial charge in [-0.2, -0.15) is 0 Å². The van der Waals surface area contributed by atoms with Crippen LogP contribution in [-0.4, -0.2) is 0 Å². The molecule has 0 aromatic heterocycles. The molecule has 0 aromatic rings. The first-order valence-corrected chi connectivity index (χ1v) is 3.77. The van der Waals surface area contributed by atoms with E-state index in [0.29, 0.717) is 0 Å². The van der Waals surface area contributed by atoms with Crippen molar-refractivity contribution in [2.24, 2.45) is 0 Å². The summed E-state index contributed by atoms with van der Waals surface area (Å²) in [4.78, 5) is 0. The molecule has 0 amide bonds. The number of allylic oxidation sites excluding steroid dienone is 6. The van der Waals surface area contributed by atoms with Gasteiger partial charge in [0.25, 0.3) is 0 Å². The fourth-order valence-corrected chi connectivity index (χ4v) is 0.607. The standard InChI is InChI=1S/C10H16/c1-4-6-8-10(3)9-7-5-2/h4,6-9H,5H2,1-3H3/b6-4+,9-7-,10-8-. The zero-order chi connectivity index (χ0) is 7.82. The Kier molecular flexibility index (Phi) is 5.85. The Bertz CT molecular complexity index is 147. The minimum Gasteiger partial charge on any atom is -0.0877 e. The summed E-state index contributed by atoms with van der Waals surface area (Å²) >= 11 is 0. The fraction of sp³-hybridized carbons (Fsp3) is 0.400. The van der Waals surface area contributed by atoms with Crippen LogP contribution < -0.4 is 0 Å². The Labute approximate surface area is 64.0 Å². The highest BCUT2D eigenvalue weighted by Crippen LogP contribution is 1.95. The van der Waals surface area contributed by atoms with Gasteiger partial charge in [0.2, 0.25) is 0 Å². The summed E-state index contributed by atoms with van der Waals surface area (Å²) in [6.07, 6.45) is 11.6. The lowest BCUT2D eigenvalue weighted by Crippen LogP contribution is -1.64. The quantitative estimate of drug-likeness (QED) is 0.521. The third-order valence-corrected chi connectivity index (χ3v) is 1.17. The summed E-state index contributed by atoms with van der Waals surface area (Å²) in [6.45, 7) is 6.26. The molecular formula is C10H16. The molecule has 0 saturated carbocycles. The highest BCUT2D eigenvalue weighted by molar-refractivity contribution is 5.20. The Hall–Kier alpha value is -0.780. The average Bonchev–Trinajstić information content (AvgIpc) is 1.97. The third-order valence-electron chi connectivity index (χ3n) is 1.17. The summed E-state index contributed by atoms with van der Waals surface area (Å²) in [7, 11) is 0. The van der Waals surface area contributed by atoms with E-state index in [1.165, 1.54) is 5.57 Å². The van der Waals surface area contributed by atoms with E-state index < -0.39 is 0 Å². The van der Waals surface area contributed by atoms with Gasteiger partial charge in [0.15, 0.2) is 0 Å². The van der Waals surface area contributed by atoms with Gasteiger partial charge in [-0.15, -0.1) is 0 Å². The van der Waals surface area contributed by atoms with E-state index >= 15 is 0 Å². The van der Waals surface area contributed by atoms with E-state index in [2.05, 4.69) is 38.2 Å². The van der Waals surface area contributed by atoms with E-state index in [0.717, 1.165) is 6.42 Å². The summed E-state index contributed by atoms with van der Waals surface area (Å²) in [5, 5.41) is 0. The molecule has 0 nitrogen and oxygen atoms in total. The lowest BCUT2D eigenvalue weighted by molar-refractivity contribution is 1.22. The Morgan fingerprint density at radius 1 is 1.40 bits per heavy atom. The second kappa shape index (κ2) is 6.34. The maximum absolute atomic E-state index is 2.16. The first-order chi connectivity index (χ1) is 4.81. The van der Waals surface area contributed by atoms with Crippen molar-refractivity contribution >= 4 is 0 Å². The molecule has 0 fully saturated rings. The van der Waals surface area contributed by atoms with Gasteiger partial charge in [0.05, 0.1) is 0 Å². The zero-order valence-electron chi connectivity index (χ0n) is 7.09. The molecule has 10 heavy (non-hydrogen) atoms.